The van der Waals surface area contributed by atoms with E-state index in [1.165, 1.54) is 36.2 Å². The van der Waals surface area contributed by atoms with E-state index in [1.54, 1.807) is 26.2 Å². The maximum absolute atomic E-state index is 15.4. The van der Waals surface area contributed by atoms with Crippen LogP contribution in [0.5, 0.6) is 5.75 Å². The van der Waals surface area contributed by atoms with Crippen LogP contribution in [0.1, 0.15) is 23.1 Å². The fourth-order valence-electron chi connectivity index (χ4n) is 5.12. The third-order valence-corrected chi connectivity index (χ3v) is 8.18. The molecule has 1 aromatic heterocycles. The average Bonchev–Trinajstić information content (AvgIpc) is 3.51. The molecule has 0 spiro atoms. The van der Waals surface area contributed by atoms with E-state index >= 15 is 4.39 Å². The van der Waals surface area contributed by atoms with Gasteiger partial charge in [0.1, 0.15) is 11.3 Å². The second-order valence-electron chi connectivity index (χ2n) is 9.96. The molecule has 2 aliphatic rings. The van der Waals surface area contributed by atoms with Gasteiger partial charge in [0.25, 0.3) is 10.2 Å². The molecule has 3 N–H and O–H groups in total. The van der Waals surface area contributed by atoms with E-state index in [1.807, 2.05) is 0 Å². The van der Waals surface area contributed by atoms with Gasteiger partial charge in [-0.25, -0.2) is 18.7 Å². The van der Waals surface area contributed by atoms with Gasteiger partial charge in [-0.1, -0.05) is 12.1 Å². The Morgan fingerprint density at radius 3 is 2.72 bits per heavy atom. The molecule has 3 aromatic rings. The molecule has 2 fully saturated rings. The maximum atomic E-state index is 15.4. The summed E-state index contributed by atoms with van der Waals surface area (Å²) in [6.45, 7) is 2.12. The van der Waals surface area contributed by atoms with E-state index in [9.17, 15) is 18.0 Å². The van der Waals surface area contributed by atoms with Crippen molar-refractivity contribution in [3.05, 3.63) is 69.3 Å². The molecule has 208 valence electrons. The van der Waals surface area contributed by atoms with Gasteiger partial charge < -0.3 is 19.4 Å². The van der Waals surface area contributed by atoms with Crippen molar-refractivity contribution < 1.29 is 26.8 Å². The van der Waals surface area contributed by atoms with Crippen molar-refractivity contribution in [2.24, 2.45) is 0 Å². The largest absolute Gasteiger partial charge is 0.422 e. The number of likely N-dealkylation sites (tertiary alicyclic amines) is 1. The number of carbonyl (C=O) groups excluding carboxylic acids is 1. The fraction of sp³-hybridized carbons (Fsp3) is 0.385. The SMILES string of the molecule is CNS(=O)(=O)Nc1cccc(Cc2c(CN3CC4CC3CN4)c3ccc(OC(=O)N(C)C)cc3oc2=O)c1F. The van der Waals surface area contributed by atoms with E-state index in [0.29, 0.717) is 29.6 Å². The van der Waals surface area contributed by atoms with E-state index in [2.05, 4.69) is 19.7 Å². The van der Waals surface area contributed by atoms with Crippen LogP contribution in [0.4, 0.5) is 14.9 Å². The molecular formula is C26H30FN5O6S. The van der Waals surface area contributed by atoms with Gasteiger partial charge in [0.15, 0.2) is 5.82 Å². The highest BCUT2D eigenvalue weighted by molar-refractivity contribution is 7.90. The van der Waals surface area contributed by atoms with Crippen molar-refractivity contribution in [3.8, 4) is 5.75 Å². The Morgan fingerprint density at radius 1 is 1.26 bits per heavy atom. The first-order valence-electron chi connectivity index (χ1n) is 12.5. The molecule has 2 bridgehead atoms. The Bertz CT molecular complexity index is 1590. The Hall–Kier alpha value is -3.52. The molecule has 0 saturated carbocycles. The lowest BCUT2D eigenvalue weighted by Crippen LogP contribution is -2.43. The molecule has 5 rings (SSSR count). The number of carbonyl (C=O) groups is 1. The number of nitrogens with one attached hydrogen (secondary N) is 3. The van der Waals surface area contributed by atoms with E-state index in [-0.39, 0.29) is 34.6 Å². The number of amides is 1. The summed E-state index contributed by atoms with van der Waals surface area (Å²) in [5.41, 5.74) is 0.492. The summed E-state index contributed by atoms with van der Waals surface area (Å²) in [6.07, 6.45) is 0.340. The van der Waals surface area contributed by atoms with Crippen LogP contribution in [0.2, 0.25) is 0 Å². The number of anilines is 1. The van der Waals surface area contributed by atoms with Gasteiger partial charge in [0, 0.05) is 76.3 Å². The quantitative estimate of drug-likeness (QED) is 0.357. The zero-order valence-electron chi connectivity index (χ0n) is 21.8. The van der Waals surface area contributed by atoms with Crippen LogP contribution in [0, 0.1) is 5.82 Å². The number of ether oxygens (including phenoxy) is 1. The number of hydrogen-bond acceptors (Lipinski definition) is 8. The molecule has 2 atom stereocenters. The summed E-state index contributed by atoms with van der Waals surface area (Å²) >= 11 is 0. The molecule has 2 unspecified atom stereocenters. The van der Waals surface area contributed by atoms with Crippen molar-refractivity contribution >= 4 is 33.0 Å². The van der Waals surface area contributed by atoms with Crippen molar-refractivity contribution in [1.82, 2.24) is 19.8 Å². The third-order valence-electron chi connectivity index (χ3n) is 7.15. The smallest absolute Gasteiger partial charge is 0.414 e. The molecule has 13 heteroatoms. The first kappa shape index (κ1) is 27.1. The van der Waals surface area contributed by atoms with Crippen LogP contribution in [0.25, 0.3) is 11.0 Å². The molecule has 2 aromatic carbocycles. The van der Waals surface area contributed by atoms with Crippen LogP contribution in [0.3, 0.4) is 0 Å². The summed E-state index contributed by atoms with van der Waals surface area (Å²) in [5.74, 6) is -0.555. The standard InChI is InChI=1S/C26H30FN5O6S/c1-28-39(35,36)30-22-6-4-5-15(24(22)27)9-20-21(14-32-13-16-10-17(32)12-29-16)19-8-7-18(37-26(34)31(2)3)11-23(19)38-25(20)33/h4-8,11,16-17,28-30H,9-10,12-14H2,1-3H3. The number of benzene rings is 2. The number of fused-ring (bicyclic) bond motifs is 3. The average molecular weight is 560 g/mol. The third kappa shape index (κ3) is 5.62. The number of hydrogen-bond donors (Lipinski definition) is 3. The lowest BCUT2D eigenvalue weighted by molar-refractivity contribution is 0.172. The van der Waals surface area contributed by atoms with Gasteiger partial charge in [-0.05, 0) is 35.7 Å². The molecule has 0 aliphatic carbocycles. The van der Waals surface area contributed by atoms with Gasteiger partial charge in [0.2, 0.25) is 0 Å². The molecule has 2 saturated heterocycles. The Balaban J connectivity index is 1.57. The lowest BCUT2D eigenvalue weighted by Gasteiger charge is -2.28. The van der Waals surface area contributed by atoms with E-state index < -0.39 is 27.7 Å². The van der Waals surface area contributed by atoms with Crippen LogP contribution < -0.4 is 25.1 Å². The second-order valence-corrected chi connectivity index (χ2v) is 11.6. The van der Waals surface area contributed by atoms with Gasteiger partial charge in [-0.3, -0.25) is 9.62 Å². The zero-order chi connectivity index (χ0) is 27.9. The zero-order valence-corrected chi connectivity index (χ0v) is 22.6. The molecule has 39 heavy (non-hydrogen) atoms. The van der Waals surface area contributed by atoms with Crippen molar-refractivity contribution in [2.75, 3.05) is 39.0 Å². The summed E-state index contributed by atoms with van der Waals surface area (Å²) in [4.78, 5) is 29.0. The van der Waals surface area contributed by atoms with Gasteiger partial charge >= 0.3 is 11.7 Å². The molecule has 3 heterocycles. The summed E-state index contributed by atoms with van der Waals surface area (Å²) in [7, 11) is 0.392. The number of piperazine rings is 1. The Kier molecular flexibility index (Phi) is 7.33. The lowest BCUT2D eigenvalue weighted by atomic mass is 9.97. The first-order chi connectivity index (χ1) is 18.5. The first-order valence-corrected chi connectivity index (χ1v) is 14.0. The topological polar surface area (TPSA) is 133 Å². The summed E-state index contributed by atoms with van der Waals surface area (Å²) < 4.78 is 54.5. The predicted octanol–water partition coefficient (Wildman–Crippen LogP) is 2.01. The summed E-state index contributed by atoms with van der Waals surface area (Å²) in [6, 6.07) is 9.89. The normalized spacial score (nSPS) is 19.0. The summed E-state index contributed by atoms with van der Waals surface area (Å²) in [5, 5.41) is 4.11. The molecule has 2 aliphatic heterocycles. The Labute approximate surface area is 225 Å². The number of rotatable bonds is 8. The second kappa shape index (κ2) is 10.6. The fourth-order valence-corrected chi connectivity index (χ4v) is 5.67. The molecule has 1 amide bonds. The maximum Gasteiger partial charge on any atom is 0.414 e. The molecular weight excluding hydrogens is 529 g/mol. The minimum Gasteiger partial charge on any atom is -0.422 e. The highest BCUT2D eigenvalue weighted by Crippen LogP contribution is 2.32. The highest BCUT2D eigenvalue weighted by atomic mass is 32.2. The van der Waals surface area contributed by atoms with Gasteiger partial charge in [-0.15, -0.1) is 0 Å². The molecule has 11 nitrogen and oxygen atoms in total. The number of nitrogens with zero attached hydrogens (tertiary/aromatic N) is 2. The minimum absolute atomic E-state index is 0.105. The van der Waals surface area contributed by atoms with Crippen LogP contribution in [-0.4, -0.2) is 70.6 Å². The monoisotopic (exact) mass is 559 g/mol. The molecule has 0 radical (unpaired) electrons. The highest BCUT2D eigenvalue weighted by Gasteiger charge is 2.38. The van der Waals surface area contributed by atoms with Gasteiger partial charge in [-0.2, -0.15) is 8.42 Å². The van der Waals surface area contributed by atoms with Crippen LogP contribution >= 0.6 is 0 Å². The van der Waals surface area contributed by atoms with Crippen molar-refractivity contribution in [3.63, 3.8) is 0 Å². The van der Waals surface area contributed by atoms with Crippen LogP contribution in [0.15, 0.2) is 45.6 Å². The minimum atomic E-state index is -3.94. The van der Waals surface area contributed by atoms with Crippen LogP contribution in [-0.2, 0) is 23.2 Å². The van der Waals surface area contributed by atoms with Crippen molar-refractivity contribution in [2.45, 2.75) is 31.5 Å². The number of halogens is 1. The van der Waals surface area contributed by atoms with Gasteiger partial charge in [0.05, 0.1) is 5.69 Å². The van der Waals surface area contributed by atoms with E-state index in [0.717, 1.165) is 19.5 Å². The van der Waals surface area contributed by atoms with E-state index in [4.69, 9.17) is 9.15 Å². The van der Waals surface area contributed by atoms with Crippen molar-refractivity contribution in [1.29, 1.82) is 0 Å². The predicted molar refractivity (Wildman–Crippen MR) is 144 cm³/mol. The Morgan fingerprint density at radius 2 is 2.05 bits per heavy atom.